The number of amides is 1. The fourth-order valence-electron chi connectivity index (χ4n) is 2.13. The molecule has 5 nitrogen and oxygen atoms in total. The van der Waals surface area contributed by atoms with Crippen LogP contribution < -0.4 is 10.1 Å². The number of halogens is 3. The highest BCUT2D eigenvalue weighted by atomic mass is 19.2. The molecule has 0 saturated heterocycles. The summed E-state index contributed by atoms with van der Waals surface area (Å²) in [5, 5.41) is 6.10. The van der Waals surface area contributed by atoms with Crippen molar-refractivity contribution in [3.8, 4) is 17.0 Å². The van der Waals surface area contributed by atoms with Crippen LogP contribution in [0.4, 0.5) is 19.1 Å². The summed E-state index contributed by atoms with van der Waals surface area (Å²) in [6.07, 6.45) is -1.01. The van der Waals surface area contributed by atoms with Gasteiger partial charge >= 0.3 is 0 Å². The molecule has 2 aromatic carbocycles. The average Bonchev–Trinajstić information content (AvgIpc) is 3.07. The topological polar surface area (TPSA) is 64.4 Å². The van der Waals surface area contributed by atoms with Crippen LogP contribution in [0.2, 0.25) is 0 Å². The molecule has 3 rings (SSSR count). The van der Waals surface area contributed by atoms with Crippen LogP contribution >= 0.6 is 0 Å². The molecule has 1 amide bonds. The lowest BCUT2D eigenvalue weighted by molar-refractivity contribution is -0.122. The predicted molar refractivity (Wildman–Crippen MR) is 87.0 cm³/mol. The van der Waals surface area contributed by atoms with Gasteiger partial charge in [0.15, 0.2) is 29.3 Å². The normalized spacial score (nSPS) is 11.8. The monoisotopic (exact) mass is 362 g/mol. The molecule has 0 unspecified atom stereocenters. The Labute approximate surface area is 146 Å². The third-order valence-electron chi connectivity index (χ3n) is 3.48. The second-order valence-corrected chi connectivity index (χ2v) is 5.39. The van der Waals surface area contributed by atoms with E-state index in [0.717, 1.165) is 12.1 Å². The van der Waals surface area contributed by atoms with Crippen LogP contribution in [0.25, 0.3) is 11.3 Å². The zero-order valence-corrected chi connectivity index (χ0v) is 13.5. The third-order valence-corrected chi connectivity index (χ3v) is 3.48. The van der Waals surface area contributed by atoms with Gasteiger partial charge in [0.2, 0.25) is 5.88 Å². The van der Waals surface area contributed by atoms with E-state index in [1.54, 1.807) is 6.07 Å². The Hall–Kier alpha value is -3.29. The standard InChI is InChI=1S/C18H13F3N2O3/c1-10(25-16-5-3-2-4-13(16)20)18(24)22-17-9-15(23-26-17)11-6-7-12(19)14(21)8-11/h2-10H,1H3,(H,22,24)/t10-/m1/s1. The van der Waals surface area contributed by atoms with E-state index in [1.165, 1.54) is 37.3 Å². The van der Waals surface area contributed by atoms with Gasteiger partial charge in [0.05, 0.1) is 0 Å². The maximum Gasteiger partial charge on any atom is 0.267 e. The molecule has 0 saturated carbocycles. The Kier molecular flexibility index (Phi) is 4.92. The van der Waals surface area contributed by atoms with Crippen LogP contribution in [0.15, 0.2) is 53.1 Å². The van der Waals surface area contributed by atoms with Gasteiger partial charge in [0.1, 0.15) is 5.69 Å². The van der Waals surface area contributed by atoms with E-state index in [0.29, 0.717) is 0 Å². The first-order chi connectivity index (χ1) is 12.4. The van der Waals surface area contributed by atoms with E-state index in [1.807, 2.05) is 0 Å². The molecule has 8 heteroatoms. The quantitative estimate of drug-likeness (QED) is 0.740. The van der Waals surface area contributed by atoms with Crippen molar-refractivity contribution < 1.29 is 27.2 Å². The molecule has 0 aliphatic rings. The van der Waals surface area contributed by atoms with Gasteiger partial charge in [-0.15, -0.1) is 0 Å². The van der Waals surface area contributed by atoms with Crippen LogP contribution in [-0.2, 0) is 4.79 Å². The molecule has 0 bridgehead atoms. The second-order valence-electron chi connectivity index (χ2n) is 5.39. The van der Waals surface area contributed by atoms with Crippen LogP contribution in [0, 0.1) is 17.5 Å². The van der Waals surface area contributed by atoms with Crippen molar-refractivity contribution in [1.82, 2.24) is 5.16 Å². The second kappa shape index (κ2) is 7.30. The minimum absolute atomic E-state index is 0.0151. The summed E-state index contributed by atoms with van der Waals surface area (Å²) in [6.45, 7) is 1.44. The molecule has 134 valence electrons. The Morgan fingerprint density at radius 1 is 1.08 bits per heavy atom. The van der Waals surface area contributed by atoms with Crippen LogP contribution in [0.3, 0.4) is 0 Å². The van der Waals surface area contributed by atoms with Crippen LogP contribution in [0.1, 0.15) is 6.92 Å². The molecule has 1 N–H and O–H groups in total. The number of carbonyl (C=O) groups is 1. The number of carbonyl (C=O) groups excluding carboxylic acids is 1. The van der Waals surface area contributed by atoms with Gasteiger partial charge in [-0.2, -0.15) is 0 Å². The van der Waals surface area contributed by atoms with E-state index >= 15 is 0 Å². The molecule has 1 heterocycles. The largest absolute Gasteiger partial charge is 0.478 e. The highest BCUT2D eigenvalue weighted by molar-refractivity contribution is 5.93. The number of para-hydroxylation sites is 1. The summed E-state index contributed by atoms with van der Waals surface area (Å²) < 4.78 is 50.0. The predicted octanol–water partition coefficient (Wildman–Crippen LogP) is 4.16. The fraction of sp³-hybridized carbons (Fsp3) is 0.111. The van der Waals surface area contributed by atoms with Gasteiger partial charge in [0, 0.05) is 11.6 Å². The first-order valence-electron chi connectivity index (χ1n) is 7.58. The SMILES string of the molecule is C[C@@H](Oc1ccccc1F)C(=O)Nc1cc(-c2ccc(F)c(F)c2)no1. The first-order valence-corrected chi connectivity index (χ1v) is 7.58. The van der Waals surface area contributed by atoms with Gasteiger partial charge in [-0.1, -0.05) is 17.3 Å². The lowest BCUT2D eigenvalue weighted by atomic mass is 10.1. The summed E-state index contributed by atoms with van der Waals surface area (Å²) in [5.41, 5.74) is 0.491. The lowest BCUT2D eigenvalue weighted by Gasteiger charge is -2.13. The summed E-state index contributed by atoms with van der Waals surface area (Å²) in [7, 11) is 0. The molecule has 0 aliphatic carbocycles. The summed E-state index contributed by atoms with van der Waals surface area (Å²) >= 11 is 0. The molecule has 1 atom stereocenters. The molecule has 1 aromatic heterocycles. The van der Waals surface area contributed by atoms with E-state index in [-0.39, 0.29) is 22.9 Å². The number of nitrogens with zero attached hydrogens (tertiary/aromatic N) is 1. The minimum Gasteiger partial charge on any atom is -0.478 e. The van der Waals surface area contributed by atoms with E-state index < -0.39 is 29.5 Å². The molecular weight excluding hydrogens is 349 g/mol. The van der Waals surface area contributed by atoms with Gasteiger partial charge in [0.25, 0.3) is 5.91 Å². The Balaban J connectivity index is 1.67. The zero-order valence-electron chi connectivity index (χ0n) is 13.5. The highest BCUT2D eigenvalue weighted by Crippen LogP contribution is 2.24. The molecule has 3 aromatic rings. The van der Waals surface area contributed by atoms with E-state index in [9.17, 15) is 18.0 Å². The fourth-order valence-corrected chi connectivity index (χ4v) is 2.13. The number of ether oxygens (including phenoxy) is 1. The number of hydrogen-bond donors (Lipinski definition) is 1. The maximum atomic E-state index is 13.5. The molecule has 0 spiro atoms. The number of hydrogen-bond acceptors (Lipinski definition) is 4. The van der Waals surface area contributed by atoms with Crippen molar-refractivity contribution in [1.29, 1.82) is 0 Å². The smallest absolute Gasteiger partial charge is 0.267 e. The summed E-state index contributed by atoms with van der Waals surface area (Å²) in [4.78, 5) is 12.1. The van der Waals surface area contributed by atoms with Gasteiger partial charge in [-0.05, 0) is 37.3 Å². The van der Waals surface area contributed by atoms with Crippen molar-refractivity contribution in [3.63, 3.8) is 0 Å². The number of rotatable bonds is 5. The maximum absolute atomic E-state index is 13.5. The summed E-state index contributed by atoms with van der Waals surface area (Å²) in [5.74, 6) is -3.27. The Morgan fingerprint density at radius 2 is 1.85 bits per heavy atom. The minimum atomic E-state index is -1.03. The molecule has 0 aliphatic heterocycles. The van der Waals surface area contributed by atoms with Gasteiger partial charge < -0.3 is 9.26 Å². The third kappa shape index (κ3) is 3.85. The van der Waals surface area contributed by atoms with E-state index in [4.69, 9.17) is 9.26 Å². The highest BCUT2D eigenvalue weighted by Gasteiger charge is 2.19. The lowest BCUT2D eigenvalue weighted by Crippen LogP contribution is -2.30. The zero-order chi connectivity index (χ0) is 18.7. The van der Waals surface area contributed by atoms with Gasteiger partial charge in [-0.25, -0.2) is 13.2 Å². The molecule has 0 fully saturated rings. The average molecular weight is 362 g/mol. The number of aromatic nitrogens is 1. The number of nitrogens with one attached hydrogen (secondary N) is 1. The van der Waals surface area contributed by atoms with E-state index in [2.05, 4.69) is 10.5 Å². The van der Waals surface area contributed by atoms with Crippen molar-refractivity contribution in [2.75, 3.05) is 5.32 Å². The molecule has 0 radical (unpaired) electrons. The molecule has 26 heavy (non-hydrogen) atoms. The Bertz CT molecular complexity index is 943. The van der Waals surface area contributed by atoms with Crippen LogP contribution in [0.5, 0.6) is 5.75 Å². The Morgan fingerprint density at radius 3 is 2.58 bits per heavy atom. The van der Waals surface area contributed by atoms with Crippen molar-refractivity contribution in [2.45, 2.75) is 13.0 Å². The van der Waals surface area contributed by atoms with Crippen molar-refractivity contribution in [3.05, 3.63) is 66.0 Å². The van der Waals surface area contributed by atoms with Gasteiger partial charge in [-0.3, -0.25) is 10.1 Å². The first kappa shape index (κ1) is 17.5. The van der Waals surface area contributed by atoms with Crippen LogP contribution in [-0.4, -0.2) is 17.2 Å². The molecular formula is C18H13F3N2O3. The number of anilines is 1. The van der Waals surface area contributed by atoms with Crippen molar-refractivity contribution in [2.24, 2.45) is 0 Å². The van der Waals surface area contributed by atoms with Crippen molar-refractivity contribution >= 4 is 11.8 Å². The summed E-state index contributed by atoms with van der Waals surface area (Å²) in [6, 6.07) is 10.3. The number of benzene rings is 2.